The topological polar surface area (TPSA) is 86.7 Å². The van der Waals surface area contributed by atoms with Gasteiger partial charge in [-0.1, -0.05) is 6.42 Å². The SMILES string of the molecule is Cn1cnc2ncc(-c3cc(C4CC4)c4c(N)c(S(=O)C5CCC5)sc4n3)cc21. The monoisotopic (exact) mass is 423 g/mol. The van der Waals surface area contributed by atoms with Crippen LogP contribution < -0.4 is 5.73 Å². The third-order valence-corrected chi connectivity index (χ3v) is 9.43. The van der Waals surface area contributed by atoms with Gasteiger partial charge in [-0.25, -0.2) is 15.0 Å². The summed E-state index contributed by atoms with van der Waals surface area (Å²) in [6.45, 7) is 0. The van der Waals surface area contributed by atoms with Crippen LogP contribution in [-0.2, 0) is 17.8 Å². The van der Waals surface area contributed by atoms with Crippen LogP contribution in [-0.4, -0.2) is 29.0 Å². The molecule has 2 aliphatic carbocycles. The number of anilines is 1. The number of rotatable bonds is 4. The lowest BCUT2D eigenvalue weighted by Crippen LogP contribution is -2.23. The van der Waals surface area contributed by atoms with Gasteiger partial charge in [-0.05, 0) is 49.3 Å². The van der Waals surface area contributed by atoms with E-state index in [1.807, 2.05) is 17.8 Å². The Hall–Kier alpha value is -2.32. The standard InChI is InChI=1S/C21H21N5OS2/c1-26-10-24-19-16(26)7-12(9-23-19)15-8-14(11-5-6-11)17-18(22)21(28-20(17)25-15)29(27)13-3-2-4-13/h7-11,13H,2-6,22H2,1H3. The Bertz CT molecular complexity index is 1300. The van der Waals surface area contributed by atoms with Crippen LogP contribution in [0.25, 0.3) is 32.6 Å². The summed E-state index contributed by atoms with van der Waals surface area (Å²) in [5, 5.41) is 1.28. The van der Waals surface area contributed by atoms with Gasteiger partial charge in [-0.2, -0.15) is 0 Å². The third-order valence-electron chi connectivity index (χ3n) is 6.13. The molecule has 0 bridgehead atoms. The first-order valence-electron chi connectivity index (χ1n) is 10.0. The fourth-order valence-electron chi connectivity index (χ4n) is 4.03. The van der Waals surface area contributed by atoms with Crippen molar-refractivity contribution >= 4 is 49.2 Å². The van der Waals surface area contributed by atoms with Crippen molar-refractivity contribution in [3.63, 3.8) is 0 Å². The van der Waals surface area contributed by atoms with Crippen molar-refractivity contribution in [2.24, 2.45) is 7.05 Å². The van der Waals surface area contributed by atoms with Crippen molar-refractivity contribution < 1.29 is 4.21 Å². The van der Waals surface area contributed by atoms with E-state index in [4.69, 9.17) is 10.7 Å². The van der Waals surface area contributed by atoms with Gasteiger partial charge in [0.2, 0.25) is 0 Å². The molecule has 0 aliphatic heterocycles. The summed E-state index contributed by atoms with van der Waals surface area (Å²) in [4.78, 5) is 14.6. The fraction of sp³-hybridized carbons (Fsp3) is 0.381. The Labute approximate surface area is 174 Å². The van der Waals surface area contributed by atoms with Crippen LogP contribution >= 0.6 is 11.3 Å². The Kier molecular flexibility index (Phi) is 3.83. The molecule has 0 aromatic carbocycles. The second-order valence-corrected chi connectivity index (χ2v) is 11.1. The van der Waals surface area contributed by atoms with E-state index >= 15 is 0 Å². The quantitative estimate of drug-likeness (QED) is 0.527. The van der Waals surface area contributed by atoms with Crippen LogP contribution in [0.2, 0.25) is 0 Å². The van der Waals surface area contributed by atoms with Gasteiger partial charge in [-0.15, -0.1) is 11.3 Å². The average Bonchev–Trinajstić information content (AvgIpc) is 3.39. The molecule has 4 aromatic heterocycles. The van der Waals surface area contributed by atoms with Crippen LogP contribution in [0.3, 0.4) is 0 Å². The molecule has 29 heavy (non-hydrogen) atoms. The lowest BCUT2D eigenvalue weighted by atomic mass is 10.0. The van der Waals surface area contributed by atoms with Crippen LogP contribution in [0.1, 0.15) is 43.6 Å². The van der Waals surface area contributed by atoms with Crippen molar-refractivity contribution in [2.75, 3.05) is 5.73 Å². The molecular weight excluding hydrogens is 402 g/mol. The van der Waals surface area contributed by atoms with Crippen LogP contribution in [0, 0.1) is 0 Å². The highest BCUT2D eigenvalue weighted by Gasteiger charge is 2.32. The molecule has 0 saturated heterocycles. The van der Waals surface area contributed by atoms with Crippen molar-refractivity contribution in [2.45, 2.75) is 47.5 Å². The third kappa shape index (κ3) is 2.73. The van der Waals surface area contributed by atoms with Gasteiger partial charge in [0, 0.05) is 29.4 Å². The number of nitrogens with zero attached hydrogens (tertiary/aromatic N) is 4. The van der Waals surface area contributed by atoms with Gasteiger partial charge in [-0.3, -0.25) is 4.21 Å². The summed E-state index contributed by atoms with van der Waals surface area (Å²) in [5.41, 5.74) is 12.1. The highest BCUT2D eigenvalue weighted by atomic mass is 32.2. The Morgan fingerprint density at radius 1 is 1.21 bits per heavy atom. The molecule has 148 valence electrons. The summed E-state index contributed by atoms with van der Waals surface area (Å²) in [5.74, 6) is 0.523. The summed E-state index contributed by atoms with van der Waals surface area (Å²) in [6, 6.07) is 4.25. The van der Waals surface area contributed by atoms with E-state index in [0.29, 0.717) is 11.6 Å². The number of fused-ring (bicyclic) bond motifs is 2. The van der Waals surface area contributed by atoms with Gasteiger partial charge < -0.3 is 10.3 Å². The lowest BCUT2D eigenvalue weighted by molar-refractivity contribution is 0.505. The molecule has 4 heterocycles. The Morgan fingerprint density at radius 3 is 2.76 bits per heavy atom. The molecule has 0 spiro atoms. The summed E-state index contributed by atoms with van der Waals surface area (Å²) < 4.78 is 15.8. The maximum Gasteiger partial charge on any atom is 0.177 e. The number of thiophene rings is 1. The Balaban J connectivity index is 1.54. The first-order valence-corrected chi connectivity index (χ1v) is 12.0. The van der Waals surface area contributed by atoms with Crippen LogP contribution in [0.5, 0.6) is 0 Å². The van der Waals surface area contributed by atoms with Crippen molar-refractivity contribution in [3.05, 3.63) is 30.2 Å². The maximum absolute atomic E-state index is 13.0. The van der Waals surface area contributed by atoms with Gasteiger partial charge in [0.15, 0.2) is 5.65 Å². The normalized spacial score (nSPS) is 18.4. The zero-order valence-corrected chi connectivity index (χ0v) is 17.7. The van der Waals surface area contributed by atoms with E-state index < -0.39 is 10.8 Å². The molecule has 0 radical (unpaired) electrons. The fourth-order valence-corrected chi connectivity index (χ4v) is 7.25. The number of aromatic nitrogens is 4. The van der Waals surface area contributed by atoms with Crippen LogP contribution in [0.4, 0.5) is 5.69 Å². The molecule has 2 saturated carbocycles. The summed E-state index contributed by atoms with van der Waals surface area (Å²) >= 11 is 1.51. The summed E-state index contributed by atoms with van der Waals surface area (Å²) in [7, 11) is 0.943. The average molecular weight is 424 g/mol. The zero-order valence-electron chi connectivity index (χ0n) is 16.1. The minimum absolute atomic E-state index is 0.255. The highest BCUT2D eigenvalue weighted by molar-refractivity contribution is 7.88. The number of aryl methyl sites for hydroxylation is 1. The number of hydrogen-bond acceptors (Lipinski definition) is 6. The molecule has 6 rings (SSSR count). The van der Waals surface area contributed by atoms with Gasteiger partial charge in [0.05, 0.1) is 34.0 Å². The van der Waals surface area contributed by atoms with Gasteiger partial charge >= 0.3 is 0 Å². The maximum atomic E-state index is 13.0. The van der Waals surface area contributed by atoms with Crippen LogP contribution in [0.15, 0.2) is 28.9 Å². The number of pyridine rings is 2. The molecule has 1 atom stereocenters. The van der Waals surface area contributed by atoms with E-state index in [1.54, 1.807) is 6.33 Å². The minimum Gasteiger partial charge on any atom is -0.396 e. The molecule has 2 fully saturated rings. The van der Waals surface area contributed by atoms with Crippen molar-refractivity contribution in [1.82, 2.24) is 19.5 Å². The van der Waals surface area contributed by atoms with Gasteiger partial charge in [0.1, 0.15) is 9.04 Å². The van der Waals surface area contributed by atoms with E-state index in [0.717, 1.165) is 49.7 Å². The van der Waals surface area contributed by atoms with Crippen molar-refractivity contribution in [1.29, 1.82) is 0 Å². The van der Waals surface area contributed by atoms with E-state index in [9.17, 15) is 4.21 Å². The number of imidazole rings is 1. The van der Waals surface area contributed by atoms with E-state index in [-0.39, 0.29) is 5.25 Å². The predicted octanol–water partition coefficient (Wildman–Crippen LogP) is 4.36. The first kappa shape index (κ1) is 17.5. The second-order valence-electron chi connectivity index (χ2n) is 8.13. The lowest BCUT2D eigenvalue weighted by Gasteiger charge is -2.23. The summed E-state index contributed by atoms with van der Waals surface area (Å²) in [6.07, 6.45) is 9.19. The zero-order chi connectivity index (χ0) is 19.7. The second kappa shape index (κ2) is 6.34. The van der Waals surface area contributed by atoms with Crippen molar-refractivity contribution in [3.8, 4) is 11.3 Å². The molecular formula is C21H21N5OS2. The first-order chi connectivity index (χ1) is 14.1. The molecule has 0 amide bonds. The minimum atomic E-state index is -1.02. The number of nitrogens with two attached hydrogens (primary N) is 1. The predicted molar refractivity (Wildman–Crippen MR) is 118 cm³/mol. The molecule has 2 aliphatic rings. The van der Waals surface area contributed by atoms with Gasteiger partial charge in [0.25, 0.3) is 0 Å². The molecule has 6 nitrogen and oxygen atoms in total. The van der Waals surface area contributed by atoms with E-state index in [2.05, 4.69) is 22.1 Å². The smallest absolute Gasteiger partial charge is 0.177 e. The molecule has 8 heteroatoms. The largest absolute Gasteiger partial charge is 0.396 e. The van der Waals surface area contributed by atoms with E-state index in [1.165, 1.54) is 36.2 Å². The Morgan fingerprint density at radius 2 is 2.03 bits per heavy atom. The number of nitrogen functional groups attached to an aromatic ring is 1. The molecule has 1 unspecified atom stereocenters. The molecule has 2 N–H and O–H groups in total. The highest BCUT2D eigenvalue weighted by Crippen LogP contribution is 2.49. The molecule has 4 aromatic rings. The number of hydrogen-bond donors (Lipinski definition) is 1.